The molecule has 3 unspecified atom stereocenters. The lowest BCUT2D eigenvalue weighted by Crippen LogP contribution is -2.41. The Balaban J connectivity index is 2.07. The van der Waals surface area contributed by atoms with Crippen molar-refractivity contribution in [3.63, 3.8) is 0 Å². The molecule has 0 aromatic heterocycles. The minimum Gasteiger partial charge on any atom is -0.431 e. The number of rotatable bonds is 2. The molecule has 108 valence electrons. The number of ether oxygens (including phenoxy) is 2. The van der Waals surface area contributed by atoms with E-state index in [0.717, 1.165) is 12.0 Å². The van der Waals surface area contributed by atoms with Gasteiger partial charge < -0.3 is 14.6 Å². The van der Waals surface area contributed by atoms with E-state index < -0.39 is 11.4 Å². The standard InChI is InChI=1S/C16H20O4/c1-15(2)19-14(18)16(20-15,11-6-4-3-5-7-11)12-8-9-13(17)10-12/h3-7,12-13,17H,8-10H2,1-2H3. The third kappa shape index (κ3) is 2.03. The maximum Gasteiger partial charge on any atom is 0.346 e. The van der Waals surface area contributed by atoms with Crippen molar-refractivity contribution in [2.75, 3.05) is 0 Å². The molecule has 3 atom stereocenters. The summed E-state index contributed by atoms with van der Waals surface area (Å²) in [6, 6.07) is 9.49. The minimum absolute atomic E-state index is 0.0471. The number of hydrogen-bond acceptors (Lipinski definition) is 4. The second kappa shape index (κ2) is 4.57. The predicted molar refractivity (Wildman–Crippen MR) is 72.7 cm³/mol. The molecule has 1 aromatic carbocycles. The van der Waals surface area contributed by atoms with Crippen molar-refractivity contribution in [3.05, 3.63) is 35.9 Å². The van der Waals surface area contributed by atoms with Crippen molar-refractivity contribution in [1.82, 2.24) is 0 Å². The summed E-state index contributed by atoms with van der Waals surface area (Å²) in [5.74, 6) is -1.32. The molecule has 3 rings (SSSR count). The van der Waals surface area contributed by atoms with Crippen LogP contribution in [0.4, 0.5) is 0 Å². The second-order valence-corrected chi connectivity index (χ2v) is 6.16. The number of benzene rings is 1. The van der Waals surface area contributed by atoms with E-state index in [0.29, 0.717) is 12.8 Å². The van der Waals surface area contributed by atoms with Crippen LogP contribution in [-0.4, -0.2) is 23.0 Å². The Kier molecular flexibility index (Phi) is 3.10. The lowest BCUT2D eigenvalue weighted by molar-refractivity contribution is -0.177. The van der Waals surface area contributed by atoms with Crippen LogP contribution in [0.15, 0.2) is 30.3 Å². The van der Waals surface area contributed by atoms with Crippen LogP contribution >= 0.6 is 0 Å². The molecule has 1 heterocycles. The Labute approximate surface area is 118 Å². The largest absolute Gasteiger partial charge is 0.431 e. The van der Waals surface area contributed by atoms with E-state index in [2.05, 4.69) is 0 Å². The first kappa shape index (κ1) is 13.6. The Hall–Kier alpha value is -1.39. The van der Waals surface area contributed by atoms with E-state index in [-0.39, 0.29) is 18.0 Å². The van der Waals surface area contributed by atoms with Crippen LogP contribution < -0.4 is 0 Å². The van der Waals surface area contributed by atoms with Gasteiger partial charge >= 0.3 is 5.97 Å². The van der Waals surface area contributed by atoms with Crippen LogP contribution in [-0.2, 0) is 19.9 Å². The molecule has 0 spiro atoms. The molecule has 1 aromatic rings. The fourth-order valence-corrected chi connectivity index (χ4v) is 3.42. The first-order valence-corrected chi connectivity index (χ1v) is 7.11. The molecular formula is C16H20O4. The van der Waals surface area contributed by atoms with E-state index in [9.17, 15) is 9.90 Å². The summed E-state index contributed by atoms with van der Waals surface area (Å²) in [5, 5.41) is 9.83. The van der Waals surface area contributed by atoms with E-state index in [1.165, 1.54) is 0 Å². The molecule has 0 amide bonds. The van der Waals surface area contributed by atoms with Gasteiger partial charge in [0, 0.05) is 19.8 Å². The average Bonchev–Trinajstić information content (AvgIpc) is 2.92. The van der Waals surface area contributed by atoms with Gasteiger partial charge in [0.1, 0.15) is 0 Å². The monoisotopic (exact) mass is 276 g/mol. The zero-order valence-corrected chi connectivity index (χ0v) is 11.8. The number of esters is 1. The van der Waals surface area contributed by atoms with Crippen LogP contribution in [0.3, 0.4) is 0 Å². The highest BCUT2D eigenvalue weighted by molar-refractivity contribution is 5.83. The van der Waals surface area contributed by atoms with Crippen molar-refractivity contribution < 1.29 is 19.4 Å². The van der Waals surface area contributed by atoms with Crippen LogP contribution in [0.1, 0.15) is 38.7 Å². The zero-order valence-electron chi connectivity index (χ0n) is 11.8. The number of aliphatic hydroxyl groups excluding tert-OH is 1. The summed E-state index contributed by atoms with van der Waals surface area (Å²) in [6.45, 7) is 3.50. The molecule has 2 fully saturated rings. The Bertz CT molecular complexity index is 510. The Morgan fingerprint density at radius 2 is 1.90 bits per heavy atom. The first-order valence-electron chi connectivity index (χ1n) is 7.11. The molecule has 20 heavy (non-hydrogen) atoms. The topological polar surface area (TPSA) is 55.8 Å². The number of aliphatic hydroxyl groups is 1. The summed E-state index contributed by atoms with van der Waals surface area (Å²) in [4.78, 5) is 12.6. The molecular weight excluding hydrogens is 256 g/mol. The maximum atomic E-state index is 12.6. The molecule has 4 nitrogen and oxygen atoms in total. The van der Waals surface area contributed by atoms with Crippen molar-refractivity contribution in [3.8, 4) is 0 Å². The fraction of sp³-hybridized carbons (Fsp3) is 0.562. The molecule has 1 saturated carbocycles. The molecule has 4 heteroatoms. The lowest BCUT2D eigenvalue weighted by atomic mass is 9.80. The minimum atomic E-state index is -1.08. The van der Waals surface area contributed by atoms with Crippen LogP contribution in [0.5, 0.6) is 0 Å². The maximum absolute atomic E-state index is 12.6. The Morgan fingerprint density at radius 1 is 1.20 bits per heavy atom. The number of carbonyl (C=O) groups excluding carboxylic acids is 1. The molecule has 1 aliphatic carbocycles. The van der Waals surface area contributed by atoms with Gasteiger partial charge in [0.05, 0.1) is 6.10 Å². The van der Waals surface area contributed by atoms with Gasteiger partial charge in [0.25, 0.3) is 0 Å². The quantitative estimate of drug-likeness (QED) is 0.842. The van der Waals surface area contributed by atoms with Crippen molar-refractivity contribution in [2.24, 2.45) is 5.92 Å². The van der Waals surface area contributed by atoms with Crippen molar-refractivity contribution >= 4 is 5.97 Å². The predicted octanol–water partition coefficient (Wildman–Crippen LogP) is 2.35. The Morgan fingerprint density at radius 3 is 2.40 bits per heavy atom. The van der Waals surface area contributed by atoms with Gasteiger partial charge in [-0.3, -0.25) is 0 Å². The molecule has 0 bridgehead atoms. The third-order valence-electron chi connectivity index (χ3n) is 4.23. The molecule has 0 radical (unpaired) electrons. The molecule has 2 aliphatic rings. The molecule has 1 N–H and O–H groups in total. The van der Waals surface area contributed by atoms with Gasteiger partial charge in [0.2, 0.25) is 5.79 Å². The van der Waals surface area contributed by atoms with Gasteiger partial charge in [-0.2, -0.15) is 0 Å². The SMILES string of the molecule is CC1(C)OC(=O)C(c2ccccc2)(C2CCC(O)C2)O1. The van der Waals surface area contributed by atoms with Crippen LogP contribution in [0, 0.1) is 5.92 Å². The van der Waals surface area contributed by atoms with Gasteiger partial charge in [-0.1, -0.05) is 30.3 Å². The van der Waals surface area contributed by atoms with Gasteiger partial charge in [-0.25, -0.2) is 4.79 Å². The number of hydrogen-bond donors (Lipinski definition) is 1. The highest BCUT2D eigenvalue weighted by Crippen LogP contribution is 2.50. The van der Waals surface area contributed by atoms with Crippen molar-refractivity contribution in [2.45, 2.75) is 50.6 Å². The smallest absolute Gasteiger partial charge is 0.346 e. The molecule has 1 saturated heterocycles. The van der Waals surface area contributed by atoms with Gasteiger partial charge in [-0.15, -0.1) is 0 Å². The average molecular weight is 276 g/mol. The molecule has 1 aliphatic heterocycles. The van der Waals surface area contributed by atoms with Crippen molar-refractivity contribution in [1.29, 1.82) is 0 Å². The normalized spacial score (nSPS) is 36.0. The van der Waals surface area contributed by atoms with E-state index >= 15 is 0 Å². The highest BCUT2D eigenvalue weighted by atomic mass is 16.8. The number of cyclic esters (lactones) is 1. The van der Waals surface area contributed by atoms with E-state index in [4.69, 9.17) is 9.47 Å². The summed E-state index contributed by atoms with van der Waals surface area (Å²) in [5.41, 5.74) is -0.267. The van der Waals surface area contributed by atoms with Gasteiger partial charge in [0.15, 0.2) is 5.60 Å². The zero-order chi connectivity index (χ0) is 14.4. The van der Waals surface area contributed by atoms with Crippen LogP contribution in [0.25, 0.3) is 0 Å². The highest BCUT2D eigenvalue weighted by Gasteiger charge is 2.60. The van der Waals surface area contributed by atoms with E-state index in [1.54, 1.807) is 13.8 Å². The van der Waals surface area contributed by atoms with Gasteiger partial charge in [-0.05, 0) is 24.8 Å². The lowest BCUT2D eigenvalue weighted by Gasteiger charge is -2.32. The first-order chi connectivity index (χ1) is 9.44. The van der Waals surface area contributed by atoms with E-state index in [1.807, 2.05) is 30.3 Å². The summed E-state index contributed by atoms with van der Waals surface area (Å²) in [6.07, 6.45) is 1.68. The fourth-order valence-electron chi connectivity index (χ4n) is 3.42. The summed E-state index contributed by atoms with van der Waals surface area (Å²) in [7, 11) is 0. The second-order valence-electron chi connectivity index (χ2n) is 6.16. The third-order valence-corrected chi connectivity index (χ3v) is 4.23. The number of carbonyl (C=O) groups is 1. The summed E-state index contributed by atoms with van der Waals surface area (Å²) < 4.78 is 11.5. The van der Waals surface area contributed by atoms with Crippen LogP contribution in [0.2, 0.25) is 0 Å². The summed E-state index contributed by atoms with van der Waals surface area (Å²) >= 11 is 0.